The van der Waals surface area contributed by atoms with Crippen LogP contribution >= 0.6 is 23.4 Å². The number of carbonyl (C=O) groups excluding carboxylic acids is 2. The van der Waals surface area contributed by atoms with E-state index < -0.39 is 4.87 Å². The normalized spacial score (nSPS) is 19.3. The molecule has 3 aromatic carbocycles. The van der Waals surface area contributed by atoms with Crippen LogP contribution in [0.1, 0.15) is 27.0 Å². The minimum atomic E-state index is -1.13. The zero-order valence-corrected chi connectivity index (χ0v) is 19.9. The first-order chi connectivity index (χ1) is 16.0. The second-order valence-corrected chi connectivity index (χ2v) is 9.88. The molecule has 1 spiro atoms. The average Bonchev–Trinajstić information content (AvgIpc) is 3.37. The molecule has 1 atom stereocenters. The van der Waals surface area contributed by atoms with Crippen molar-refractivity contribution in [1.82, 2.24) is 4.90 Å². The quantitative estimate of drug-likeness (QED) is 0.514. The van der Waals surface area contributed by atoms with E-state index >= 15 is 0 Å². The van der Waals surface area contributed by atoms with Crippen LogP contribution in [0.3, 0.4) is 0 Å². The van der Waals surface area contributed by atoms with E-state index in [0.29, 0.717) is 35.2 Å². The van der Waals surface area contributed by atoms with Gasteiger partial charge in [-0.25, -0.2) is 0 Å². The van der Waals surface area contributed by atoms with E-state index in [2.05, 4.69) is 0 Å². The molecular formula is C26H23ClN2O3S. The van der Waals surface area contributed by atoms with Gasteiger partial charge >= 0.3 is 0 Å². The maximum Gasteiger partial charge on any atom is 0.268 e. The third kappa shape index (κ3) is 3.49. The number of halogens is 1. The maximum atomic E-state index is 14.1. The van der Waals surface area contributed by atoms with E-state index in [4.69, 9.17) is 16.3 Å². The number of ether oxygens (including phenoxy) is 1. The first kappa shape index (κ1) is 21.9. The molecule has 0 radical (unpaired) electrons. The summed E-state index contributed by atoms with van der Waals surface area (Å²) in [6, 6.07) is 20.6. The summed E-state index contributed by atoms with van der Waals surface area (Å²) in [7, 11) is 1.60. The predicted octanol–water partition coefficient (Wildman–Crippen LogP) is 5.25. The van der Waals surface area contributed by atoms with Gasteiger partial charge in [-0.15, -0.1) is 11.8 Å². The Bertz CT molecular complexity index is 1250. The molecule has 2 aliphatic heterocycles. The van der Waals surface area contributed by atoms with Gasteiger partial charge in [0.25, 0.3) is 11.8 Å². The Labute approximate surface area is 202 Å². The highest BCUT2D eigenvalue weighted by Crippen LogP contribution is 2.55. The topological polar surface area (TPSA) is 49.9 Å². The number of amides is 2. The van der Waals surface area contributed by atoms with Gasteiger partial charge < -0.3 is 14.5 Å². The number of nitrogens with zero attached hydrogens (tertiary/aromatic N) is 2. The summed E-state index contributed by atoms with van der Waals surface area (Å²) in [5, 5.41) is 0.605. The number of aryl methyl sites for hydroxylation is 1. The number of methoxy groups -OCH3 is 1. The number of carbonyl (C=O) groups is 2. The summed E-state index contributed by atoms with van der Waals surface area (Å²) < 4.78 is 5.48. The Morgan fingerprint density at radius 1 is 1.12 bits per heavy atom. The van der Waals surface area contributed by atoms with Crippen LogP contribution in [0.25, 0.3) is 0 Å². The highest BCUT2D eigenvalue weighted by molar-refractivity contribution is 8.01. The molecule has 0 aromatic heterocycles. The zero-order chi connectivity index (χ0) is 23.2. The minimum absolute atomic E-state index is 0.131. The Balaban J connectivity index is 1.62. The lowest BCUT2D eigenvalue weighted by Crippen LogP contribution is -2.50. The lowest BCUT2D eigenvalue weighted by molar-refractivity contribution is -0.123. The number of hydrogen-bond acceptors (Lipinski definition) is 4. The monoisotopic (exact) mass is 478 g/mol. The molecule has 1 unspecified atom stereocenters. The molecule has 168 valence electrons. The van der Waals surface area contributed by atoms with Gasteiger partial charge in [-0.2, -0.15) is 0 Å². The van der Waals surface area contributed by atoms with Crippen molar-refractivity contribution < 1.29 is 14.3 Å². The fourth-order valence-corrected chi connectivity index (χ4v) is 6.17. The van der Waals surface area contributed by atoms with Gasteiger partial charge in [0.2, 0.25) is 0 Å². The van der Waals surface area contributed by atoms with Crippen LogP contribution in [0, 0.1) is 6.92 Å². The molecule has 5 nitrogen and oxygen atoms in total. The molecule has 7 heteroatoms. The van der Waals surface area contributed by atoms with Gasteiger partial charge in [0, 0.05) is 28.4 Å². The summed E-state index contributed by atoms with van der Waals surface area (Å²) in [6.45, 7) is 2.80. The van der Waals surface area contributed by atoms with Crippen molar-refractivity contribution in [3.05, 3.63) is 94.0 Å². The summed E-state index contributed by atoms with van der Waals surface area (Å²) >= 11 is 7.92. The van der Waals surface area contributed by atoms with Gasteiger partial charge in [0.15, 0.2) is 4.87 Å². The number of rotatable bonds is 4. The summed E-state index contributed by atoms with van der Waals surface area (Å²) in [6.07, 6.45) is 0. The van der Waals surface area contributed by atoms with Gasteiger partial charge in [0.05, 0.1) is 19.3 Å². The standard InChI is InChI=1S/C26H23ClN2O3S/c1-17-7-9-18(10-8-17)24(30)29-13-14-33-26(29)21-15-20(32-2)11-12-23(21)28(25(26)31)16-19-5-3-4-6-22(19)27/h3-12,15H,13-14,16H2,1-2H3. The molecule has 33 heavy (non-hydrogen) atoms. The van der Waals surface area contributed by atoms with Gasteiger partial charge in [0.1, 0.15) is 5.75 Å². The highest BCUT2D eigenvalue weighted by Gasteiger charge is 2.59. The van der Waals surface area contributed by atoms with Crippen LogP contribution in [-0.2, 0) is 16.2 Å². The predicted molar refractivity (Wildman–Crippen MR) is 132 cm³/mol. The Hall–Kier alpha value is -2.96. The van der Waals surface area contributed by atoms with Crippen molar-refractivity contribution >= 4 is 40.9 Å². The highest BCUT2D eigenvalue weighted by atomic mass is 35.5. The molecule has 0 bridgehead atoms. The lowest BCUT2D eigenvalue weighted by atomic mass is 10.0. The number of fused-ring (bicyclic) bond motifs is 2. The Kier molecular flexibility index (Phi) is 5.59. The largest absolute Gasteiger partial charge is 0.497 e. The Morgan fingerprint density at radius 2 is 1.88 bits per heavy atom. The lowest BCUT2D eigenvalue weighted by Gasteiger charge is -2.33. The second-order valence-electron chi connectivity index (χ2n) is 8.18. The van der Waals surface area contributed by atoms with Crippen molar-refractivity contribution in [3.63, 3.8) is 0 Å². The first-order valence-electron chi connectivity index (χ1n) is 10.7. The summed E-state index contributed by atoms with van der Waals surface area (Å²) in [5.74, 6) is 1.03. The Morgan fingerprint density at radius 3 is 2.61 bits per heavy atom. The van der Waals surface area contributed by atoms with E-state index in [1.54, 1.807) is 16.9 Å². The average molecular weight is 479 g/mol. The van der Waals surface area contributed by atoms with Crippen molar-refractivity contribution in [3.8, 4) is 5.75 Å². The van der Waals surface area contributed by atoms with Crippen molar-refractivity contribution in [2.24, 2.45) is 0 Å². The van der Waals surface area contributed by atoms with Crippen LogP contribution in [0.4, 0.5) is 5.69 Å². The number of hydrogen-bond donors (Lipinski definition) is 0. The van der Waals surface area contributed by atoms with Crippen LogP contribution in [-0.4, -0.2) is 36.1 Å². The molecule has 2 heterocycles. The van der Waals surface area contributed by atoms with Gasteiger partial charge in [-0.3, -0.25) is 9.59 Å². The molecule has 0 saturated carbocycles. The van der Waals surface area contributed by atoms with Crippen LogP contribution in [0.5, 0.6) is 5.75 Å². The number of benzene rings is 3. The van der Waals surface area contributed by atoms with Gasteiger partial charge in [-0.1, -0.05) is 47.5 Å². The summed E-state index contributed by atoms with van der Waals surface area (Å²) in [4.78, 5) is 30.1. The van der Waals surface area contributed by atoms with Gasteiger partial charge in [-0.05, 0) is 48.9 Å². The zero-order valence-electron chi connectivity index (χ0n) is 18.4. The van der Waals surface area contributed by atoms with E-state index in [-0.39, 0.29) is 11.8 Å². The molecule has 1 fully saturated rings. The maximum absolute atomic E-state index is 14.1. The molecule has 0 aliphatic carbocycles. The van der Waals surface area contributed by atoms with Crippen LogP contribution < -0.4 is 9.64 Å². The van der Waals surface area contributed by atoms with Crippen molar-refractivity contribution in [1.29, 1.82) is 0 Å². The van der Waals surface area contributed by atoms with Crippen molar-refractivity contribution in [2.75, 3.05) is 24.3 Å². The van der Waals surface area contributed by atoms with E-state index in [0.717, 1.165) is 22.4 Å². The van der Waals surface area contributed by atoms with E-state index in [9.17, 15) is 9.59 Å². The summed E-state index contributed by atoms with van der Waals surface area (Å²) in [5.41, 5.74) is 4.06. The molecule has 1 saturated heterocycles. The minimum Gasteiger partial charge on any atom is -0.497 e. The smallest absolute Gasteiger partial charge is 0.268 e. The van der Waals surface area contributed by atoms with E-state index in [1.807, 2.05) is 73.7 Å². The molecule has 3 aromatic rings. The van der Waals surface area contributed by atoms with Crippen LogP contribution in [0.15, 0.2) is 66.7 Å². The molecule has 0 N–H and O–H groups in total. The fourth-order valence-electron chi connectivity index (χ4n) is 4.53. The molecule has 5 rings (SSSR count). The SMILES string of the molecule is COc1ccc2c(c1)C1(SCCN1C(=O)c1ccc(C)cc1)C(=O)N2Cc1ccccc1Cl. The number of anilines is 1. The first-order valence-corrected chi connectivity index (χ1v) is 12.1. The molecule has 2 amide bonds. The van der Waals surface area contributed by atoms with E-state index in [1.165, 1.54) is 11.8 Å². The van der Waals surface area contributed by atoms with Crippen molar-refractivity contribution in [2.45, 2.75) is 18.3 Å². The number of thioether (sulfide) groups is 1. The molecule has 2 aliphatic rings. The second kappa shape index (κ2) is 8.43. The molecular weight excluding hydrogens is 456 g/mol. The fraction of sp³-hybridized carbons (Fsp3) is 0.231. The third-order valence-corrected chi connectivity index (χ3v) is 8.02. The third-order valence-electron chi connectivity index (χ3n) is 6.23. The van der Waals surface area contributed by atoms with Crippen LogP contribution in [0.2, 0.25) is 5.02 Å².